The summed E-state index contributed by atoms with van der Waals surface area (Å²) in [5.41, 5.74) is 1.35. The first-order valence-electron chi connectivity index (χ1n) is 7.34. The second-order valence-corrected chi connectivity index (χ2v) is 5.18. The number of carbonyl (C=O) groups is 1. The Labute approximate surface area is 137 Å². The highest BCUT2D eigenvalue weighted by Crippen LogP contribution is 2.38. The van der Waals surface area contributed by atoms with E-state index >= 15 is 0 Å². The SMILES string of the molecule is CCn1ncc(C(=O)/C=C/c2cc3c(cc2[N+](=O)[O-])OCO3)c1C. The van der Waals surface area contributed by atoms with Gasteiger partial charge in [0.25, 0.3) is 5.69 Å². The van der Waals surface area contributed by atoms with Gasteiger partial charge in [0.1, 0.15) is 0 Å². The third kappa shape index (κ3) is 2.73. The Hall–Kier alpha value is -3.16. The van der Waals surface area contributed by atoms with Crippen molar-refractivity contribution in [2.45, 2.75) is 20.4 Å². The van der Waals surface area contributed by atoms with Crippen LogP contribution in [0.15, 0.2) is 24.4 Å². The van der Waals surface area contributed by atoms with Crippen molar-refractivity contribution in [3.63, 3.8) is 0 Å². The van der Waals surface area contributed by atoms with Crippen LogP contribution in [0.5, 0.6) is 11.5 Å². The van der Waals surface area contributed by atoms with E-state index < -0.39 is 4.92 Å². The van der Waals surface area contributed by atoms with E-state index in [9.17, 15) is 14.9 Å². The van der Waals surface area contributed by atoms with Crippen molar-refractivity contribution < 1.29 is 19.2 Å². The molecule has 0 fully saturated rings. The summed E-state index contributed by atoms with van der Waals surface area (Å²) in [5, 5.41) is 15.3. The van der Waals surface area contributed by atoms with Crippen molar-refractivity contribution >= 4 is 17.5 Å². The molecule has 1 aliphatic heterocycles. The van der Waals surface area contributed by atoms with Gasteiger partial charge in [-0.3, -0.25) is 19.6 Å². The number of aromatic nitrogens is 2. The van der Waals surface area contributed by atoms with Crippen molar-refractivity contribution in [1.29, 1.82) is 0 Å². The fraction of sp³-hybridized carbons (Fsp3) is 0.250. The number of nitro benzene ring substituents is 1. The maximum absolute atomic E-state index is 12.3. The number of rotatable bonds is 5. The van der Waals surface area contributed by atoms with Gasteiger partial charge in [-0.2, -0.15) is 5.10 Å². The molecule has 8 heteroatoms. The first-order chi connectivity index (χ1) is 11.5. The largest absolute Gasteiger partial charge is 0.454 e. The topological polar surface area (TPSA) is 96.5 Å². The van der Waals surface area contributed by atoms with Crippen LogP contribution >= 0.6 is 0 Å². The fourth-order valence-electron chi connectivity index (χ4n) is 2.50. The average molecular weight is 329 g/mol. The molecular formula is C16H15N3O5. The number of hydrogen-bond acceptors (Lipinski definition) is 6. The standard InChI is InChI=1S/C16H15N3O5/c1-3-18-10(2)12(8-17-18)14(20)5-4-11-6-15-16(24-9-23-15)7-13(11)19(21)22/h4-8H,3,9H2,1-2H3/b5-4+. The normalized spacial score (nSPS) is 12.8. The number of ketones is 1. The molecule has 0 saturated carbocycles. The summed E-state index contributed by atoms with van der Waals surface area (Å²) >= 11 is 0. The number of fused-ring (bicyclic) bond motifs is 1. The smallest absolute Gasteiger partial charge is 0.280 e. The van der Waals surface area contributed by atoms with Crippen LogP contribution in [-0.4, -0.2) is 27.3 Å². The zero-order valence-corrected chi connectivity index (χ0v) is 13.2. The average Bonchev–Trinajstić information content (AvgIpc) is 3.16. The van der Waals surface area contributed by atoms with Crippen LogP contribution in [-0.2, 0) is 6.54 Å². The quantitative estimate of drug-likeness (QED) is 0.362. The zero-order valence-electron chi connectivity index (χ0n) is 13.2. The third-order valence-electron chi connectivity index (χ3n) is 3.80. The summed E-state index contributed by atoms with van der Waals surface area (Å²) < 4.78 is 12.1. The third-order valence-corrected chi connectivity index (χ3v) is 3.80. The minimum absolute atomic E-state index is 0.0218. The van der Waals surface area contributed by atoms with Gasteiger partial charge in [-0.15, -0.1) is 0 Å². The lowest BCUT2D eigenvalue weighted by atomic mass is 10.1. The molecule has 0 aliphatic carbocycles. The molecule has 8 nitrogen and oxygen atoms in total. The molecular weight excluding hydrogens is 314 g/mol. The Morgan fingerprint density at radius 3 is 2.75 bits per heavy atom. The summed E-state index contributed by atoms with van der Waals surface area (Å²) in [4.78, 5) is 23.0. The minimum atomic E-state index is -0.521. The number of ether oxygens (including phenoxy) is 2. The molecule has 124 valence electrons. The maximum Gasteiger partial charge on any atom is 0.280 e. The van der Waals surface area contributed by atoms with Crippen molar-refractivity contribution in [2.24, 2.45) is 0 Å². The van der Waals surface area contributed by atoms with E-state index in [0.717, 1.165) is 5.69 Å². The molecule has 24 heavy (non-hydrogen) atoms. The number of carbonyl (C=O) groups excluding carboxylic acids is 1. The number of hydrogen-bond donors (Lipinski definition) is 0. The van der Waals surface area contributed by atoms with Gasteiger partial charge in [-0.05, 0) is 32.1 Å². The van der Waals surface area contributed by atoms with E-state index in [4.69, 9.17) is 9.47 Å². The molecule has 2 aromatic rings. The van der Waals surface area contributed by atoms with E-state index in [1.54, 1.807) is 11.6 Å². The lowest BCUT2D eigenvalue weighted by Gasteiger charge is -2.01. The van der Waals surface area contributed by atoms with Crippen LogP contribution in [0, 0.1) is 17.0 Å². The molecule has 1 aromatic heterocycles. The zero-order chi connectivity index (χ0) is 17.3. The Morgan fingerprint density at radius 2 is 2.12 bits per heavy atom. The molecule has 0 N–H and O–H groups in total. The van der Waals surface area contributed by atoms with Crippen molar-refractivity contribution in [2.75, 3.05) is 6.79 Å². The first-order valence-corrected chi connectivity index (χ1v) is 7.34. The fourth-order valence-corrected chi connectivity index (χ4v) is 2.50. The maximum atomic E-state index is 12.3. The van der Waals surface area contributed by atoms with Gasteiger partial charge in [0.05, 0.1) is 28.3 Å². The number of nitro groups is 1. The van der Waals surface area contributed by atoms with E-state index in [1.807, 2.05) is 6.92 Å². The van der Waals surface area contributed by atoms with Crippen LogP contribution in [0.4, 0.5) is 5.69 Å². The number of allylic oxidation sites excluding steroid dienone is 1. The van der Waals surface area contributed by atoms with Crippen LogP contribution in [0.25, 0.3) is 6.08 Å². The highest BCUT2D eigenvalue weighted by atomic mass is 16.7. The molecule has 0 spiro atoms. The Kier molecular flexibility index (Phi) is 4.03. The predicted molar refractivity (Wildman–Crippen MR) is 85.2 cm³/mol. The van der Waals surface area contributed by atoms with Gasteiger partial charge in [-0.25, -0.2) is 0 Å². The summed E-state index contributed by atoms with van der Waals surface area (Å²) in [5.74, 6) is 0.479. The van der Waals surface area contributed by atoms with Crippen LogP contribution in [0.3, 0.4) is 0 Å². The Morgan fingerprint density at radius 1 is 1.42 bits per heavy atom. The minimum Gasteiger partial charge on any atom is -0.454 e. The van der Waals surface area contributed by atoms with Gasteiger partial charge in [0.2, 0.25) is 6.79 Å². The number of aryl methyl sites for hydroxylation is 1. The molecule has 2 heterocycles. The van der Waals surface area contributed by atoms with Gasteiger partial charge < -0.3 is 9.47 Å². The van der Waals surface area contributed by atoms with Gasteiger partial charge in [0.15, 0.2) is 17.3 Å². The predicted octanol–water partition coefficient (Wildman–Crippen LogP) is 2.74. The summed E-state index contributed by atoms with van der Waals surface area (Å²) in [6.07, 6.45) is 4.21. The van der Waals surface area contributed by atoms with E-state index in [2.05, 4.69) is 5.10 Å². The second-order valence-electron chi connectivity index (χ2n) is 5.18. The lowest BCUT2D eigenvalue weighted by molar-refractivity contribution is -0.385. The second kappa shape index (κ2) is 6.15. The lowest BCUT2D eigenvalue weighted by Crippen LogP contribution is -2.01. The highest BCUT2D eigenvalue weighted by molar-refractivity contribution is 6.07. The molecule has 1 aromatic carbocycles. The molecule has 3 rings (SSSR count). The van der Waals surface area contributed by atoms with Gasteiger partial charge >= 0.3 is 0 Å². The molecule has 0 amide bonds. The van der Waals surface area contributed by atoms with Crippen molar-refractivity contribution in [3.05, 3.63) is 51.3 Å². The highest BCUT2D eigenvalue weighted by Gasteiger charge is 2.22. The van der Waals surface area contributed by atoms with E-state index in [0.29, 0.717) is 23.6 Å². The first kappa shape index (κ1) is 15.7. The van der Waals surface area contributed by atoms with Crippen LogP contribution in [0.2, 0.25) is 0 Å². The summed E-state index contributed by atoms with van der Waals surface area (Å²) in [6.45, 7) is 4.42. The van der Waals surface area contributed by atoms with Crippen LogP contribution in [0.1, 0.15) is 28.5 Å². The monoisotopic (exact) mass is 329 g/mol. The van der Waals surface area contributed by atoms with E-state index in [-0.39, 0.29) is 23.8 Å². The summed E-state index contributed by atoms with van der Waals surface area (Å²) in [6, 6.07) is 2.79. The van der Waals surface area contributed by atoms with E-state index in [1.165, 1.54) is 30.5 Å². The number of nitrogens with zero attached hydrogens (tertiary/aromatic N) is 3. The molecule has 0 unspecified atom stereocenters. The molecule has 0 atom stereocenters. The molecule has 0 bridgehead atoms. The Bertz CT molecular complexity index is 854. The molecule has 1 aliphatic rings. The summed E-state index contributed by atoms with van der Waals surface area (Å²) in [7, 11) is 0. The Balaban J connectivity index is 1.92. The van der Waals surface area contributed by atoms with Gasteiger partial charge in [-0.1, -0.05) is 0 Å². The van der Waals surface area contributed by atoms with Gasteiger partial charge in [0, 0.05) is 12.2 Å². The van der Waals surface area contributed by atoms with Crippen LogP contribution < -0.4 is 9.47 Å². The molecule has 0 radical (unpaired) electrons. The molecule has 0 saturated heterocycles. The number of benzene rings is 1. The van der Waals surface area contributed by atoms with Crippen molar-refractivity contribution in [1.82, 2.24) is 9.78 Å². The van der Waals surface area contributed by atoms with Crippen molar-refractivity contribution in [3.8, 4) is 11.5 Å².